The number of para-hydroxylation sites is 1. The normalized spacial score (nSPS) is 13.2. The van der Waals surface area contributed by atoms with E-state index in [1.165, 1.54) is 5.57 Å². The number of fused-ring (bicyclic) bond motifs is 1. The molecule has 0 unspecified atom stereocenters. The second-order valence-electron chi connectivity index (χ2n) is 7.73. The highest BCUT2D eigenvalue weighted by Gasteiger charge is 2.14. The molecule has 1 aromatic heterocycles. The molecular formula is C27H19N3O3. The molecule has 0 bridgehead atoms. The van der Waals surface area contributed by atoms with E-state index in [0.29, 0.717) is 22.4 Å². The summed E-state index contributed by atoms with van der Waals surface area (Å²) in [5.74, 6) is 1.25. The molecule has 2 N–H and O–H groups in total. The van der Waals surface area contributed by atoms with E-state index in [-0.39, 0.29) is 5.56 Å². The van der Waals surface area contributed by atoms with Gasteiger partial charge in [-0.1, -0.05) is 36.4 Å². The summed E-state index contributed by atoms with van der Waals surface area (Å²) in [5.41, 5.74) is 5.17. The van der Waals surface area contributed by atoms with Gasteiger partial charge in [0.2, 0.25) is 0 Å². The molecule has 160 valence electrons. The number of hydrogen-bond acceptors (Lipinski definition) is 4. The summed E-state index contributed by atoms with van der Waals surface area (Å²) < 4.78 is 5.92. The Labute approximate surface area is 190 Å². The van der Waals surface area contributed by atoms with Gasteiger partial charge < -0.3 is 14.8 Å². The zero-order chi connectivity index (χ0) is 22.8. The van der Waals surface area contributed by atoms with Gasteiger partial charge in [0.05, 0.1) is 22.7 Å². The first-order valence-corrected chi connectivity index (χ1v) is 10.5. The van der Waals surface area contributed by atoms with Crippen LogP contribution in [-0.2, 0) is 0 Å². The summed E-state index contributed by atoms with van der Waals surface area (Å²) in [6.45, 7) is 0. The molecule has 1 aliphatic carbocycles. The van der Waals surface area contributed by atoms with Crippen LogP contribution in [0.3, 0.4) is 0 Å². The van der Waals surface area contributed by atoms with Crippen molar-refractivity contribution in [1.29, 1.82) is 5.26 Å². The molecule has 5 rings (SSSR count). The number of carbonyl (C=O) groups is 1. The molecule has 4 aromatic rings. The van der Waals surface area contributed by atoms with Crippen LogP contribution in [0.1, 0.15) is 34.3 Å². The molecule has 33 heavy (non-hydrogen) atoms. The predicted molar refractivity (Wildman–Crippen MR) is 126 cm³/mol. The van der Waals surface area contributed by atoms with Crippen molar-refractivity contribution in [3.05, 3.63) is 101 Å². The van der Waals surface area contributed by atoms with E-state index in [0.717, 1.165) is 35.5 Å². The Morgan fingerprint density at radius 1 is 0.970 bits per heavy atom. The van der Waals surface area contributed by atoms with Crippen molar-refractivity contribution in [2.75, 3.05) is 0 Å². The van der Waals surface area contributed by atoms with E-state index in [1.54, 1.807) is 36.4 Å². The van der Waals surface area contributed by atoms with Gasteiger partial charge >= 0.3 is 5.97 Å². The lowest BCUT2D eigenvalue weighted by atomic mass is 9.96. The average Bonchev–Trinajstić information content (AvgIpc) is 3.29. The number of allylic oxidation sites excluding steroid dienone is 4. The first-order chi connectivity index (χ1) is 16.1. The second-order valence-corrected chi connectivity index (χ2v) is 7.73. The Bertz CT molecular complexity index is 1450. The lowest BCUT2D eigenvalue weighted by Crippen LogP contribution is -2.00. The summed E-state index contributed by atoms with van der Waals surface area (Å²) in [6.07, 6.45) is 5.69. The van der Waals surface area contributed by atoms with Gasteiger partial charge in [0.25, 0.3) is 0 Å². The number of carboxylic acid groups (broad SMARTS) is 1. The number of aromatic carboxylic acids is 1. The summed E-state index contributed by atoms with van der Waals surface area (Å²) in [4.78, 5) is 19.2. The zero-order valence-corrected chi connectivity index (χ0v) is 17.6. The van der Waals surface area contributed by atoms with Gasteiger partial charge in [-0.2, -0.15) is 5.26 Å². The average molecular weight is 433 g/mol. The number of ether oxygens (including phenoxy) is 1. The fourth-order valence-electron chi connectivity index (χ4n) is 3.88. The van der Waals surface area contributed by atoms with E-state index >= 15 is 0 Å². The highest BCUT2D eigenvalue weighted by atomic mass is 16.5. The number of aromatic nitrogens is 2. The number of imidazole rings is 1. The van der Waals surface area contributed by atoms with Gasteiger partial charge in [0, 0.05) is 12.0 Å². The van der Waals surface area contributed by atoms with E-state index in [4.69, 9.17) is 10.00 Å². The molecular weight excluding hydrogens is 414 g/mol. The van der Waals surface area contributed by atoms with Crippen LogP contribution >= 0.6 is 0 Å². The van der Waals surface area contributed by atoms with Crippen LogP contribution in [0.2, 0.25) is 0 Å². The van der Waals surface area contributed by atoms with Crippen molar-refractivity contribution in [2.24, 2.45) is 0 Å². The Morgan fingerprint density at radius 3 is 2.39 bits per heavy atom. The summed E-state index contributed by atoms with van der Waals surface area (Å²) in [6, 6.07) is 22.3. The van der Waals surface area contributed by atoms with Crippen molar-refractivity contribution >= 4 is 22.6 Å². The van der Waals surface area contributed by atoms with E-state index in [9.17, 15) is 9.90 Å². The number of aromatic amines is 1. The zero-order valence-electron chi connectivity index (χ0n) is 17.6. The minimum absolute atomic E-state index is 0.185. The molecule has 0 atom stereocenters. The van der Waals surface area contributed by atoms with Crippen LogP contribution in [-0.4, -0.2) is 21.0 Å². The lowest BCUT2D eigenvalue weighted by Gasteiger charge is -2.16. The van der Waals surface area contributed by atoms with Crippen molar-refractivity contribution in [1.82, 2.24) is 9.97 Å². The Kier molecular flexibility index (Phi) is 5.21. The molecule has 0 spiro atoms. The van der Waals surface area contributed by atoms with Crippen molar-refractivity contribution < 1.29 is 14.6 Å². The van der Waals surface area contributed by atoms with Crippen LogP contribution in [0.15, 0.2) is 84.6 Å². The smallest absolute Gasteiger partial charge is 0.337 e. The van der Waals surface area contributed by atoms with Crippen LogP contribution in [0.5, 0.6) is 5.75 Å². The number of nitriles is 1. The standard InChI is InChI=1S/C27H19N3O3/c28-16-17-4-12-21(13-5-17)33-22-14-10-19(11-15-22)18-6-8-20(9-7-18)26-29-24-3-1-2-23(27(31)32)25(24)30-26/h1-10,12-14H,11,15H2,(H,29,30)(H,31,32). The number of H-pyrrole nitrogens is 1. The fourth-order valence-corrected chi connectivity index (χ4v) is 3.88. The quantitative estimate of drug-likeness (QED) is 0.406. The number of benzene rings is 3. The summed E-state index contributed by atoms with van der Waals surface area (Å²) in [7, 11) is 0. The van der Waals surface area contributed by atoms with Gasteiger partial charge in [-0.3, -0.25) is 0 Å². The van der Waals surface area contributed by atoms with E-state index in [1.807, 2.05) is 36.4 Å². The maximum atomic E-state index is 11.4. The van der Waals surface area contributed by atoms with Crippen molar-refractivity contribution in [2.45, 2.75) is 12.8 Å². The highest BCUT2D eigenvalue weighted by Crippen LogP contribution is 2.30. The summed E-state index contributed by atoms with van der Waals surface area (Å²) in [5, 5.41) is 18.3. The number of carboxylic acids is 1. The fraction of sp³-hybridized carbons (Fsp3) is 0.0741. The second kappa shape index (κ2) is 8.48. The maximum absolute atomic E-state index is 11.4. The van der Waals surface area contributed by atoms with Gasteiger partial charge in [-0.05, 0) is 60.0 Å². The number of rotatable bonds is 5. The van der Waals surface area contributed by atoms with E-state index < -0.39 is 5.97 Å². The molecule has 0 saturated heterocycles. The number of hydrogen-bond donors (Lipinski definition) is 2. The largest absolute Gasteiger partial charge is 0.478 e. The van der Waals surface area contributed by atoms with Crippen LogP contribution in [0, 0.1) is 11.3 Å². The minimum atomic E-state index is -0.992. The SMILES string of the molecule is N#Cc1ccc(OC2=CC=C(c3ccc(-c4nc5c(C(=O)O)cccc5[nH]4)cc3)CC2)cc1. The van der Waals surface area contributed by atoms with Crippen molar-refractivity contribution in [3.8, 4) is 23.2 Å². The minimum Gasteiger partial charge on any atom is -0.478 e. The first kappa shape index (κ1) is 20.3. The highest BCUT2D eigenvalue weighted by molar-refractivity contribution is 6.01. The Balaban J connectivity index is 1.33. The van der Waals surface area contributed by atoms with Gasteiger partial charge in [-0.25, -0.2) is 9.78 Å². The van der Waals surface area contributed by atoms with Crippen molar-refractivity contribution in [3.63, 3.8) is 0 Å². The predicted octanol–water partition coefficient (Wildman–Crippen LogP) is 5.94. The molecule has 1 heterocycles. The molecule has 0 saturated carbocycles. The van der Waals surface area contributed by atoms with Crippen LogP contribution < -0.4 is 4.74 Å². The maximum Gasteiger partial charge on any atom is 0.337 e. The molecule has 0 fully saturated rings. The third-order valence-corrected chi connectivity index (χ3v) is 5.62. The Morgan fingerprint density at radius 2 is 1.73 bits per heavy atom. The molecule has 0 aliphatic heterocycles. The number of nitrogens with one attached hydrogen (secondary N) is 1. The lowest BCUT2D eigenvalue weighted by molar-refractivity contribution is 0.0699. The van der Waals surface area contributed by atoms with Crippen LogP contribution in [0.4, 0.5) is 0 Å². The van der Waals surface area contributed by atoms with Crippen LogP contribution in [0.25, 0.3) is 28.0 Å². The molecule has 1 aliphatic rings. The topological polar surface area (TPSA) is 99.0 Å². The third-order valence-electron chi connectivity index (χ3n) is 5.62. The number of nitrogens with zero attached hydrogens (tertiary/aromatic N) is 2. The first-order valence-electron chi connectivity index (χ1n) is 10.5. The van der Waals surface area contributed by atoms with Gasteiger partial charge in [0.15, 0.2) is 0 Å². The Hall–Kier alpha value is -4.63. The van der Waals surface area contributed by atoms with Gasteiger partial charge in [0.1, 0.15) is 22.8 Å². The molecule has 6 heteroatoms. The van der Waals surface area contributed by atoms with E-state index in [2.05, 4.69) is 22.1 Å². The monoisotopic (exact) mass is 433 g/mol. The van der Waals surface area contributed by atoms with Gasteiger partial charge in [-0.15, -0.1) is 0 Å². The molecule has 0 amide bonds. The molecule has 6 nitrogen and oxygen atoms in total. The third kappa shape index (κ3) is 4.12. The molecule has 0 radical (unpaired) electrons. The summed E-state index contributed by atoms with van der Waals surface area (Å²) >= 11 is 0. The molecule has 3 aromatic carbocycles.